The zero-order valence-electron chi connectivity index (χ0n) is 36.2. The van der Waals surface area contributed by atoms with Crippen molar-refractivity contribution >= 4 is 41.4 Å². The summed E-state index contributed by atoms with van der Waals surface area (Å²) in [5.41, 5.74) is 0.724. The highest BCUT2D eigenvalue weighted by molar-refractivity contribution is 5.96. The van der Waals surface area contributed by atoms with E-state index in [0.29, 0.717) is 12.0 Å². The molecule has 5 atom stereocenters. The summed E-state index contributed by atoms with van der Waals surface area (Å²) in [6, 6.07) is 1.62. The summed E-state index contributed by atoms with van der Waals surface area (Å²) in [5, 5.41) is 51.2. The molecular formula is C44H64N6O11. The second-order valence-electron chi connectivity index (χ2n) is 16.3. The summed E-state index contributed by atoms with van der Waals surface area (Å²) in [6.07, 6.45) is 9.76. The molecular weight excluding hydrogens is 789 g/mol. The van der Waals surface area contributed by atoms with Crippen molar-refractivity contribution in [3.05, 3.63) is 47.5 Å². The molecule has 0 saturated carbocycles. The number of aliphatic hydroxyl groups is 1. The van der Waals surface area contributed by atoms with Crippen LogP contribution in [0.1, 0.15) is 109 Å². The minimum atomic E-state index is -1.47. The molecule has 0 fully saturated rings. The molecule has 4 bridgehead atoms. The van der Waals surface area contributed by atoms with Gasteiger partial charge in [-0.25, -0.2) is 4.79 Å². The zero-order chi connectivity index (χ0) is 45.4. The van der Waals surface area contributed by atoms with Crippen LogP contribution < -0.4 is 21.3 Å². The SMILES string of the molecule is CC(C)CCCCCCCCCCC(=O)N(C)C(CO)C(=O)NC(C)C(=O)NCC(=O)N(C)C1C(=O)NC(C)C(=O)NC(C(=O)O)Cc2ccc(O)c(c2)-c2cc1ccc2O. The monoisotopic (exact) mass is 852 g/mol. The van der Waals surface area contributed by atoms with Gasteiger partial charge in [-0.1, -0.05) is 77.3 Å². The molecule has 6 amide bonds. The van der Waals surface area contributed by atoms with Crippen LogP contribution in [-0.4, -0.2) is 123 Å². The Morgan fingerprint density at radius 2 is 1.38 bits per heavy atom. The van der Waals surface area contributed by atoms with Gasteiger partial charge < -0.3 is 51.5 Å². The second-order valence-corrected chi connectivity index (χ2v) is 16.3. The van der Waals surface area contributed by atoms with Gasteiger partial charge in [-0.05, 0) is 61.6 Å². The van der Waals surface area contributed by atoms with Crippen molar-refractivity contribution < 1.29 is 54.0 Å². The first-order valence-electron chi connectivity index (χ1n) is 21.0. The van der Waals surface area contributed by atoms with E-state index >= 15 is 0 Å². The number of carbonyl (C=O) groups is 7. The maximum Gasteiger partial charge on any atom is 0.326 e. The van der Waals surface area contributed by atoms with Gasteiger partial charge in [0.25, 0.3) is 0 Å². The van der Waals surface area contributed by atoms with Gasteiger partial charge in [-0.15, -0.1) is 0 Å². The average molecular weight is 853 g/mol. The molecule has 1 aliphatic heterocycles. The van der Waals surface area contributed by atoms with E-state index in [4.69, 9.17) is 0 Å². The highest BCUT2D eigenvalue weighted by atomic mass is 16.4. The van der Waals surface area contributed by atoms with Crippen molar-refractivity contribution in [2.75, 3.05) is 27.2 Å². The molecule has 61 heavy (non-hydrogen) atoms. The van der Waals surface area contributed by atoms with Crippen LogP contribution in [-0.2, 0) is 40.0 Å². The minimum absolute atomic E-state index is 0.0662. The first-order valence-corrected chi connectivity index (χ1v) is 21.0. The number of unbranched alkanes of at least 4 members (excludes halogenated alkanes) is 7. The molecule has 0 radical (unpaired) electrons. The topological polar surface area (TPSA) is 255 Å². The fourth-order valence-electron chi connectivity index (χ4n) is 7.09. The van der Waals surface area contributed by atoms with Crippen LogP contribution in [0.4, 0.5) is 0 Å². The summed E-state index contributed by atoms with van der Waals surface area (Å²) in [5.74, 6) is -5.52. The van der Waals surface area contributed by atoms with Crippen molar-refractivity contribution in [2.45, 2.75) is 129 Å². The second kappa shape index (κ2) is 23.9. The molecule has 2 aromatic carbocycles. The van der Waals surface area contributed by atoms with Crippen LogP contribution in [0.3, 0.4) is 0 Å². The van der Waals surface area contributed by atoms with Gasteiger partial charge in [0.2, 0.25) is 35.4 Å². The third kappa shape index (κ3) is 14.8. The van der Waals surface area contributed by atoms with Crippen LogP contribution in [0, 0.1) is 5.92 Å². The predicted octanol–water partition coefficient (Wildman–Crippen LogP) is 2.89. The fraction of sp³-hybridized carbons (Fsp3) is 0.568. The van der Waals surface area contributed by atoms with E-state index in [0.717, 1.165) is 41.4 Å². The van der Waals surface area contributed by atoms with Gasteiger partial charge in [-0.3, -0.25) is 28.8 Å². The Balaban J connectivity index is 1.65. The van der Waals surface area contributed by atoms with E-state index in [1.165, 1.54) is 90.0 Å². The van der Waals surface area contributed by atoms with E-state index in [9.17, 15) is 54.0 Å². The number of nitrogens with one attached hydrogen (secondary N) is 4. The number of fused-ring (bicyclic) bond motifs is 5. The first kappa shape index (κ1) is 49.7. The van der Waals surface area contributed by atoms with Crippen LogP contribution in [0.25, 0.3) is 11.1 Å². The van der Waals surface area contributed by atoms with Crippen molar-refractivity contribution in [1.29, 1.82) is 0 Å². The molecule has 336 valence electrons. The molecule has 0 saturated heterocycles. The minimum Gasteiger partial charge on any atom is -0.507 e. The largest absolute Gasteiger partial charge is 0.507 e. The number of hydrogen-bond donors (Lipinski definition) is 8. The Hall–Kier alpha value is -5.71. The molecule has 3 rings (SSSR count). The van der Waals surface area contributed by atoms with E-state index in [1.807, 2.05) is 0 Å². The van der Waals surface area contributed by atoms with Crippen LogP contribution in [0.2, 0.25) is 0 Å². The van der Waals surface area contributed by atoms with E-state index in [1.54, 1.807) is 0 Å². The number of carboxylic acid groups (broad SMARTS) is 1. The molecule has 0 aliphatic carbocycles. The molecule has 0 spiro atoms. The Kier molecular flexibility index (Phi) is 19.5. The number of benzene rings is 2. The lowest BCUT2D eigenvalue weighted by molar-refractivity contribution is -0.143. The third-order valence-corrected chi connectivity index (χ3v) is 10.9. The molecule has 1 heterocycles. The van der Waals surface area contributed by atoms with Gasteiger partial charge >= 0.3 is 5.97 Å². The van der Waals surface area contributed by atoms with Gasteiger partial charge in [0.1, 0.15) is 41.7 Å². The number of phenols is 2. The molecule has 1 aliphatic rings. The fourth-order valence-corrected chi connectivity index (χ4v) is 7.09. The average Bonchev–Trinajstić information content (AvgIpc) is 3.20. The zero-order valence-corrected chi connectivity index (χ0v) is 36.2. The quantitative estimate of drug-likeness (QED) is 0.0899. The smallest absolute Gasteiger partial charge is 0.326 e. The Morgan fingerprint density at radius 1 is 0.787 bits per heavy atom. The number of carboxylic acids is 1. The molecule has 8 N–H and O–H groups in total. The maximum atomic E-state index is 13.9. The molecule has 17 nitrogen and oxygen atoms in total. The number of likely N-dealkylation sites (N-methyl/N-ethyl adjacent to an activating group) is 2. The number of carbonyl (C=O) groups excluding carboxylic acids is 6. The summed E-state index contributed by atoms with van der Waals surface area (Å²) in [4.78, 5) is 93.8. The number of aliphatic carboxylic acids is 1. The van der Waals surface area contributed by atoms with E-state index in [-0.39, 0.29) is 46.9 Å². The lowest BCUT2D eigenvalue weighted by atomic mass is 9.94. The van der Waals surface area contributed by atoms with Crippen molar-refractivity contribution in [1.82, 2.24) is 31.1 Å². The number of amides is 6. The van der Waals surface area contributed by atoms with Crippen LogP contribution in [0.5, 0.6) is 11.5 Å². The number of phenolic OH excluding ortho intramolecular Hbond substituents is 2. The molecule has 2 aromatic rings. The van der Waals surface area contributed by atoms with Gasteiger partial charge in [-0.2, -0.15) is 0 Å². The Labute approximate surface area is 357 Å². The van der Waals surface area contributed by atoms with E-state index in [2.05, 4.69) is 35.1 Å². The van der Waals surface area contributed by atoms with Crippen molar-refractivity contribution in [3.63, 3.8) is 0 Å². The lowest BCUT2D eigenvalue weighted by Gasteiger charge is -2.30. The summed E-state index contributed by atoms with van der Waals surface area (Å²) in [7, 11) is 2.69. The van der Waals surface area contributed by atoms with Gasteiger partial charge in [0.15, 0.2) is 0 Å². The lowest BCUT2D eigenvalue weighted by Crippen LogP contribution is -2.55. The summed E-state index contributed by atoms with van der Waals surface area (Å²) >= 11 is 0. The highest BCUT2D eigenvalue weighted by Crippen LogP contribution is 2.38. The summed E-state index contributed by atoms with van der Waals surface area (Å²) in [6.45, 7) is 5.82. The van der Waals surface area contributed by atoms with E-state index < -0.39 is 78.9 Å². The molecule has 17 heteroatoms. The third-order valence-electron chi connectivity index (χ3n) is 10.9. The predicted molar refractivity (Wildman–Crippen MR) is 227 cm³/mol. The number of aromatic hydroxyl groups is 2. The summed E-state index contributed by atoms with van der Waals surface area (Å²) < 4.78 is 0. The number of hydrogen-bond acceptors (Lipinski definition) is 10. The maximum absolute atomic E-state index is 13.9. The normalized spacial score (nSPS) is 17.5. The molecule has 5 unspecified atom stereocenters. The van der Waals surface area contributed by atoms with Crippen LogP contribution >= 0.6 is 0 Å². The highest BCUT2D eigenvalue weighted by Gasteiger charge is 2.34. The number of rotatable bonds is 20. The number of aliphatic hydroxyl groups excluding tert-OH is 1. The van der Waals surface area contributed by atoms with Crippen LogP contribution in [0.15, 0.2) is 36.4 Å². The Bertz CT molecular complexity index is 1870. The van der Waals surface area contributed by atoms with Gasteiger partial charge in [0, 0.05) is 38.1 Å². The van der Waals surface area contributed by atoms with Crippen molar-refractivity contribution in [2.24, 2.45) is 5.92 Å². The standard InChI is InChI=1S/C44H64N6O11/c1-26(2)15-13-11-9-7-8-10-12-14-16-37(54)49(5)34(25-51)42(58)46-27(3)40(56)45-24-38(55)50(6)39-30-18-20-36(53)32(23-30)31-21-29(17-19-35(31)52)22-33(44(60)61)48-41(57)28(4)47-43(39)59/h17-21,23,26-28,33-34,39,51-53H,7-16,22,24-25H2,1-6H3,(H,45,56)(H,46,58)(H,47,59)(H,48,57)(H,60,61). The van der Waals surface area contributed by atoms with Gasteiger partial charge in [0.05, 0.1) is 13.2 Å². The number of nitrogens with zero attached hydrogens (tertiary/aromatic N) is 2. The first-order chi connectivity index (χ1) is 28.9. The molecule has 0 aromatic heterocycles. The Morgan fingerprint density at radius 3 is 1.98 bits per heavy atom. The van der Waals surface area contributed by atoms with Crippen molar-refractivity contribution in [3.8, 4) is 22.6 Å².